The number of halogens is 1. The Morgan fingerprint density at radius 1 is 1.19 bits per heavy atom. The second-order valence-electron chi connectivity index (χ2n) is 5.26. The van der Waals surface area contributed by atoms with Gasteiger partial charge in [-0.05, 0) is 5.56 Å². The third-order valence-corrected chi connectivity index (χ3v) is 3.61. The van der Waals surface area contributed by atoms with E-state index in [4.69, 9.17) is 0 Å². The maximum atomic E-state index is 11.3. The monoisotopic (exact) mass is 312 g/mol. The number of nitrogens with two attached hydrogens (primary N) is 1. The molecule has 4 N–H and O–H groups in total. The Morgan fingerprint density at radius 3 is 2.43 bits per heavy atom. The minimum atomic E-state index is -0.610. The number of piperidine rings is 1. The number of quaternary nitrogens is 1. The lowest BCUT2D eigenvalue weighted by atomic mass is 9.91. The Morgan fingerprint density at radius 2 is 1.81 bits per heavy atom. The van der Waals surface area contributed by atoms with Gasteiger partial charge >= 0.3 is 0 Å². The van der Waals surface area contributed by atoms with Crippen LogP contribution in [0.3, 0.4) is 0 Å². The minimum Gasteiger partial charge on any atom is -1.00 e. The molecule has 0 bridgehead atoms. The predicted octanol–water partition coefficient (Wildman–Crippen LogP) is -3.79. The molecular weight excluding hydrogens is 292 g/mol. The molecular formula is C15H21ClN2O3. The van der Waals surface area contributed by atoms with Gasteiger partial charge < -0.3 is 22.8 Å². The van der Waals surface area contributed by atoms with Gasteiger partial charge in [0.25, 0.3) is 0 Å². The Kier molecular flexibility index (Phi) is 7.36. The SMILES string of the molecule is O=C1CC(C(O)C[NH2+]CCc2ccccc2)CC(=O)N1.[Cl-]. The van der Waals surface area contributed by atoms with Crippen LogP contribution in [0, 0.1) is 5.92 Å². The molecule has 21 heavy (non-hydrogen) atoms. The molecule has 1 aliphatic heterocycles. The van der Waals surface area contributed by atoms with Crippen LogP contribution >= 0.6 is 0 Å². The fourth-order valence-electron chi connectivity index (χ4n) is 2.47. The van der Waals surface area contributed by atoms with E-state index in [1.54, 1.807) is 0 Å². The number of carbonyl (C=O) groups is 2. The number of rotatable bonds is 6. The molecule has 0 aliphatic carbocycles. The number of aliphatic hydroxyl groups is 1. The van der Waals surface area contributed by atoms with Gasteiger partial charge in [0, 0.05) is 25.2 Å². The van der Waals surface area contributed by atoms with Crippen molar-refractivity contribution >= 4 is 11.8 Å². The summed E-state index contributed by atoms with van der Waals surface area (Å²) in [5, 5.41) is 14.3. The van der Waals surface area contributed by atoms with E-state index in [0.717, 1.165) is 13.0 Å². The zero-order valence-corrected chi connectivity index (χ0v) is 12.6. The van der Waals surface area contributed by atoms with E-state index in [9.17, 15) is 14.7 Å². The van der Waals surface area contributed by atoms with Crippen molar-refractivity contribution in [3.63, 3.8) is 0 Å². The number of nitrogens with one attached hydrogen (secondary N) is 1. The van der Waals surface area contributed by atoms with E-state index >= 15 is 0 Å². The van der Waals surface area contributed by atoms with Gasteiger partial charge in [-0.1, -0.05) is 30.3 Å². The quantitative estimate of drug-likeness (QED) is 0.372. The highest BCUT2D eigenvalue weighted by Gasteiger charge is 2.30. The van der Waals surface area contributed by atoms with E-state index in [1.807, 2.05) is 23.5 Å². The van der Waals surface area contributed by atoms with Crippen molar-refractivity contribution < 1.29 is 32.4 Å². The second kappa shape index (κ2) is 8.77. The third-order valence-electron chi connectivity index (χ3n) is 3.61. The molecule has 1 atom stereocenters. The smallest absolute Gasteiger partial charge is 0.226 e. The Balaban J connectivity index is 0.00000220. The molecule has 1 fully saturated rings. The fourth-order valence-corrected chi connectivity index (χ4v) is 2.47. The van der Waals surface area contributed by atoms with Gasteiger partial charge in [-0.25, -0.2) is 0 Å². The number of hydrogen-bond donors (Lipinski definition) is 3. The standard InChI is InChI=1S/C15H20N2O3.ClH/c18-13(12-8-14(19)17-15(20)9-12)10-16-7-6-11-4-2-1-3-5-11;/h1-5,12-13,16,18H,6-10H2,(H,17,19,20);1H. The van der Waals surface area contributed by atoms with Gasteiger partial charge in [0.05, 0.1) is 6.54 Å². The molecule has 2 rings (SSSR count). The molecule has 1 aromatic carbocycles. The van der Waals surface area contributed by atoms with Crippen molar-refractivity contribution in [1.82, 2.24) is 5.32 Å². The first-order chi connectivity index (χ1) is 9.65. The summed E-state index contributed by atoms with van der Waals surface area (Å²) in [7, 11) is 0. The maximum absolute atomic E-state index is 11.3. The average Bonchev–Trinajstić information content (AvgIpc) is 2.43. The Labute approximate surface area is 130 Å². The van der Waals surface area contributed by atoms with Crippen molar-refractivity contribution in [1.29, 1.82) is 0 Å². The first-order valence-electron chi connectivity index (χ1n) is 7.01. The van der Waals surface area contributed by atoms with Crippen molar-refractivity contribution in [2.75, 3.05) is 13.1 Å². The first-order valence-corrected chi connectivity index (χ1v) is 7.01. The lowest BCUT2D eigenvalue weighted by molar-refractivity contribution is -0.661. The molecule has 0 aromatic heterocycles. The molecule has 1 aromatic rings. The highest BCUT2D eigenvalue weighted by atomic mass is 35.5. The Bertz CT molecular complexity index is 451. The van der Waals surface area contributed by atoms with Crippen LogP contribution in [0.5, 0.6) is 0 Å². The van der Waals surface area contributed by atoms with Crippen LogP contribution in [0.2, 0.25) is 0 Å². The van der Waals surface area contributed by atoms with Gasteiger partial charge in [-0.15, -0.1) is 0 Å². The normalized spacial score (nSPS) is 17.0. The summed E-state index contributed by atoms with van der Waals surface area (Å²) in [5.74, 6) is -0.812. The topological polar surface area (TPSA) is 83.0 Å². The van der Waals surface area contributed by atoms with Crippen LogP contribution in [-0.2, 0) is 16.0 Å². The summed E-state index contributed by atoms with van der Waals surface area (Å²) in [5.41, 5.74) is 1.27. The molecule has 0 radical (unpaired) electrons. The van der Waals surface area contributed by atoms with Crippen LogP contribution in [0.4, 0.5) is 0 Å². The molecule has 116 valence electrons. The highest BCUT2D eigenvalue weighted by Crippen LogP contribution is 2.16. The molecule has 1 heterocycles. The van der Waals surface area contributed by atoms with Gasteiger partial charge in [0.2, 0.25) is 11.8 Å². The molecule has 2 amide bonds. The van der Waals surface area contributed by atoms with Crippen LogP contribution in [0.25, 0.3) is 0 Å². The van der Waals surface area contributed by atoms with E-state index < -0.39 is 6.10 Å². The van der Waals surface area contributed by atoms with Crippen LogP contribution in [0.15, 0.2) is 30.3 Å². The summed E-state index contributed by atoms with van der Waals surface area (Å²) < 4.78 is 0. The lowest BCUT2D eigenvalue weighted by Crippen LogP contribution is -3.00. The second-order valence-corrected chi connectivity index (χ2v) is 5.26. The summed E-state index contributed by atoms with van der Waals surface area (Å²) in [4.78, 5) is 22.5. The first kappa shape index (κ1) is 17.6. The number of carbonyl (C=O) groups excluding carboxylic acids is 2. The van der Waals surface area contributed by atoms with E-state index in [2.05, 4.69) is 17.4 Å². The summed E-state index contributed by atoms with van der Waals surface area (Å²) in [6.45, 7) is 1.41. The number of hydrogen-bond acceptors (Lipinski definition) is 3. The van der Waals surface area contributed by atoms with Crippen LogP contribution in [0.1, 0.15) is 18.4 Å². The van der Waals surface area contributed by atoms with E-state index in [1.165, 1.54) is 5.56 Å². The van der Waals surface area contributed by atoms with Gasteiger partial charge in [-0.2, -0.15) is 0 Å². The van der Waals surface area contributed by atoms with Crippen LogP contribution in [-0.4, -0.2) is 36.1 Å². The molecule has 1 aliphatic rings. The van der Waals surface area contributed by atoms with Gasteiger partial charge in [0.1, 0.15) is 12.6 Å². The largest absolute Gasteiger partial charge is 1.00 e. The molecule has 1 saturated heterocycles. The van der Waals surface area contributed by atoms with Gasteiger partial charge in [0.15, 0.2) is 0 Å². The van der Waals surface area contributed by atoms with Gasteiger partial charge in [-0.3, -0.25) is 14.9 Å². The maximum Gasteiger partial charge on any atom is 0.226 e. The van der Waals surface area contributed by atoms with E-state index in [0.29, 0.717) is 6.54 Å². The zero-order valence-electron chi connectivity index (χ0n) is 11.8. The van der Waals surface area contributed by atoms with Crippen molar-refractivity contribution in [3.05, 3.63) is 35.9 Å². The summed E-state index contributed by atoms with van der Waals surface area (Å²) >= 11 is 0. The summed E-state index contributed by atoms with van der Waals surface area (Å²) in [6.07, 6.45) is 0.803. The zero-order chi connectivity index (χ0) is 14.4. The van der Waals surface area contributed by atoms with E-state index in [-0.39, 0.29) is 43.0 Å². The fraction of sp³-hybridized carbons (Fsp3) is 0.467. The third kappa shape index (κ3) is 5.83. The summed E-state index contributed by atoms with van der Waals surface area (Å²) in [6, 6.07) is 10.2. The molecule has 1 unspecified atom stereocenters. The van der Waals surface area contributed by atoms with Crippen molar-refractivity contribution in [2.45, 2.75) is 25.4 Å². The van der Waals surface area contributed by atoms with Crippen molar-refractivity contribution in [2.24, 2.45) is 5.92 Å². The Hall–Kier alpha value is -1.43. The number of aliphatic hydroxyl groups excluding tert-OH is 1. The number of amides is 2. The average molecular weight is 313 g/mol. The van der Waals surface area contributed by atoms with Crippen LogP contribution < -0.4 is 23.0 Å². The highest BCUT2D eigenvalue weighted by molar-refractivity contribution is 5.97. The molecule has 6 heteroatoms. The molecule has 0 spiro atoms. The van der Waals surface area contributed by atoms with Crippen molar-refractivity contribution in [3.8, 4) is 0 Å². The number of benzene rings is 1. The molecule has 0 saturated carbocycles. The number of imide groups is 1. The minimum absolute atomic E-state index is 0. The molecule has 5 nitrogen and oxygen atoms in total. The predicted molar refractivity (Wildman–Crippen MR) is 73.7 cm³/mol. The lowest BCUT2D eigenvalue weighted by Gasteiger charge is -2.24.